The number of nitrogens with one attached hydrogen (secondary N) is 1. The average Bonchev–Trinajstić information content (AvgIpc) is 2.33. The maximum Gasteiger partial charge on any atom is 0.0309 e. The van der Waals surface area contributed by atoms with Crippen LogP contribution in [-0.2, 0) is 0 Å². The van der Waals surface area contributed by atoms with Gasteiger partial charge in [-0.1, -0.05) is 33.1 Å². The van der Waals surface area contributed by atoms with Crippen molar-refractivity contribution in [1.82, 2.24) is 10.2 Å². The quantitative estimate of drug-likeness (QED) is 0.828. The molecule has 0 aromatic carbocycles. The van der Waals surface area contributed by atoms with E-state index < -0.39 is 0 Å². The van der Waals surface area contributed by atoms with Crippen molar-refractivity contribution in [2.75, 3.05) is 13.1 Å². The largest absolute Gasteiger partial charge is 0.308 e. The van der Waals surface area contributed by atoms with Gasteiger partial charge in [0.25, 0.3) is 0 Å². The molecule has 1 saturated heterocycles. The van der Waals surface area contributed by atoms with Crippen LogP contribution in [0.4, 0.5) is 0 Å². The fourth-order valence-electron chi connectivity index (χ4n) is 4.01. The summed E-state index contributed by atoms with van der Waals surface area (Å²) in [7, 11) is 0. The van der Waals surface area contributed by atoms with Crippen molar-refractivity contribution in [3.63, 3.8) is 0 Å². The number of hydrogen-bond donors (Lipinski definition) is 1. The topological polar surface area (TPSA) is 15.3 Å². The van der Waals surface area contributed by atoms with Crippen molar-refractivity contribution in [1.29, 1.82) is 0 Å². The van der Waals surface area contributed by atoms with Gasteiger partial charge in [0.2, 0.25) is 0 Å². The summed E-state index contributed by atoms with van der Waals surface area (Å²) in [5, 5.41) is 3.88. The third-order valence-corrected chi connectivity index (χ3v) is 5.01. The maximum atomic E-state index is 3.88. The molecule has 2 aliphatic rings. The fraction of sp³-hybridized carbons (Fsp3) is 1.00. The molecule has 2 rings (SSSR count). The van der Waals surface area contributed by atoms with E-state index in [4.69, 9.17) is 0 Å². The highest BCUT2D eigenvalue weighted by atomic mass is 15.3. The van der Waals surface area contributed by atoms with Crippen LogP contribution in [0.5, 0.6) is 0 Å². The van der Waals surface area contributed by atoms with Gasteiger partial charge in [0.15, 0.2) is 0 Å². The standard InChI is InChI=1S/C16H32N2/c1-13(2)10-14(3)18-12-16(17-11-15(18)4)8-6-5-7-9-16/h13-15,17H,5-12H2,1-4H3. The van der Waals surface area contributed by atoms with Gasteiger partial charge in [-0.15, -0.1) is 0 Å². The minimum atomic E-state index is 0.454. The number of rotatable bonds is 3. The number of hydrogen-bond acceptors (Lipinski definition) is 2. The third kappa shape index (κ3) is 3.27. The van der Waals surface area contributed by atoms with E-state index in [0.29, 0.717) is 11.6 Å². The summed E-state index contributed by atoms with van der Waals surface area (Å²) in [5.74, 6) is 0.810. The van der Waals surface area contributed by atoms with E-state index in [2.05, 4.69) is 37.9 Å². The lowest BCUT2D eigenvalue weighted by molar-refractivity contribution is 0.0300. The van der Waals surface area contributed by atoms with Crippen molar-refractivity contribution in [2.24, 2.45) is 5.92 Å². The molecule has 2 heteroatoms. The molecule has 106 valence electrons. The highest BCUT2D eigenvalue weighted by Crippen LogP contribution is 2.33. The highest BCUT2D eigenvalue weighted by molar-refractivity contribution is 4.99. The van der Waals surface area contributed by atoms with Crippen LogP contribution >= 0.6 is 0 Å². The summed E-state index contributed by atoms with van der Waals surface area (Å²) in [5.41, 5.74) is 0.454. The first-order chi connectivity index (χ1) is 8.52. The van der Waals surface area contributed by atoms with Gasteiger partial charge >= 0.3 is 0 Å². The van der Waals surface area contributed by atoms with Crippen molar-refractivity contribution >= 4 is 0 Å². The number of nitrogens with zero attached hydrogens (tertiary/aromatic N) is 1. The van der Waals surface area contributed by atoms with E-state index in [9.17, 15) is 0 Å². The van der Waals surface area contributed by atoms with Gasteiger partial charge in [0, 0.05) is 30.7 Å². The lowest BCUT2D eigenvalue weighted by Crippen LogP contribution is -2.65. The lowest BCUT2D eigenvalue weighted by atomic mass is 9.79. The van der Waals surface area contributed by atoms with Gasteiger partial charge in [-0.05, 0) is 39.0 Å². The van der Waals surface area contributed by atoms with Crippen LogP contribution in [0.15, 0.2) is 0 Å². The van der Waals surface area contributed by atoms with Gasteiger partial charge < -0.3 is 5.32 Å². The molecule has 0 aromatic rings. The average molecular weight is 252 g/mol. The molecule has 1 saturated carbocycles. The normalized spacial score (nSPS) is 30.8. The summed E-state index contributed by atoms with van der Waals surface area (Å²) in [4.78, 5) is 2.78. The molecule has 1 aliphatic carbocycles. The molecule has 2 unspecified atom stereocenters. The van der Waals surface area contributed by atoms with E-state index in [1.165, 1.54) is 51.6 Å². The molecule has 2 nitrogen and oxygen atoms in total. The molecule has 0 aromatic heterocycles. The van der Waals surface area contributed by atoms with Gasteiger partial charge in [-0.2, -0.15) is 0 Å². The molecular formula is C16H32N2. The van der Waals surface area contributed by atoms with Crippen LogP contribution in [0, 0.1) is 5.92 Å². The van der Waals surface area contributed by atoms with Crippen molar-refractivity contribution in [3.8, 4) is 0 Å². The Kier molecular flexibility index (Phi) is 4.71. The van der Waals surface area contributed by atoms with Crippen LogP contribution in [-0.4, -0.2) is 35.6 Å². The molecule has 1 spiro atoms. The SMILES string of the molecule is CC(C)CC(C)N1CC2(CCCCC2)NCC1C. The molecule has 2 fully saturated rings. The van der Waals surface area contributed by atoms with E-state index >= 15 is 0 Å². The van der Waals surface area contributed by atoms with Gasteiger partial charge in [0.1, 0.15) is 0 Å². The molecule has 0 bridgehead atoms. The smallest absolute Gasteiger partial charge is 0.0309 e. The molecular weight excluding hydrogens is 220 g/mol. The Labute approximate surface area is 114 Å². The van der Waals surface area contributed by atoms with Gasteiger partial charge in [0.05, 0.1) is 0 Å². The summed E-state index contributed by atoms with van der Waals surface area (Å²) in [6.07, 6.45) is 8.41. The molecule has 1 heterocycles. The van der Waals surface area contributed by atoms with Crippen LogP contribution in [0.1, 0.15) is 66.2 Å². The molecule has 0 radical (unpaired) electrons. The zero-order valence-electron chi connectivity index (χ0n) is 12.8. The summed E-state index contributed by atoms with van der Waals surface area (Å²) < 4.78 is 0. The van der Waals surface area contributed by atoms with Crippen LogP contribution in [0.3, 0.4) is 0 Å². The molecule has 1 N–H and O–H groups in total. The minimum absolute atomic E-state index is 0.454. The first-order valence-electron chi connectivity index (χ1n) is 8.03. The maximum absolute atomic E-state index is 3.88. The van der Waals surface area contributed by atoms with Crippen LogP contribution in [0.25, 0.3) is 0 Å². The monoisotopic (exact) mass is 252 g/mol. The van der Waals surface area contributed by atoms with Crippen molar-refractivity contribution in [2.45, 2.75) is 83.8 Å². The van der Waals surface area contributed by atoms with Crippen LogP contribution in [0.2, 0.25) is 0 Å². The Morgan fingerprint density at radius 2 is 1.83 bits per heavy atom. The van der Waals surface area contributed by atoms with Crippen molar-refractivity contribution in [3.05, 3.63) is 0 Å². The first-order valence-corrected chi connectivity index (χ1v) is 8.03. The van der Waals surface area contributed by atoms with Gasteiger partial charge in [-0.3, -0.25) is 4.90 Å². The zero-order valence-corrected chi connectivity index (χ0v) is 12.8. The highest BCUT2D eigenvalue weighted by Gasteiger charge is 2.39. The lowest BCUT2D eigenvalue weighted by Gasteiger charge is -2.51. The molecule has 2 atom stereocenters. The van der Waals surface area contributed by atoms with E-state index in [1.54, 1.807) is 0 Å². The van der Waals surface area contributed by atoms with Gasteiger partial charge in [-0.25, -0.2) is 0 Å². The second kappa shape index (κ2) is 5.92. The minimum Gasteiger partial charge on any atom is -0.308 e. The summed E-state index contributed by atoms with van der Waals surface area (Å²) in [6, 6.07) is 1.44. The number of piperazine rings is 1. The predicted octanol–water partition coefficient (Wildman–Crippen LogP) is 3.42. The van der Waals surface area contributed by atoms with E-state index in [0.717, 1.165) is 12.0 Å². The second-order valence-corrected chi connectivity index (χ2v) is 7.22. The van der Waals surface area contributed by atoms with Crippen molar-refractivity contribution < 1.29 is 0 Å². The van der Waals surface area contributed by atoms with Crippen LogP contribution < -0.4 is 5.32 Å². The first kappa shape index (κ1) is 14.3. The van der Waals surface area contributed by atoms with E-state index in [-0.39, 0.29) is 0 Å². The Morgan fingerprint density at radius 3 is 2.44 bits per heavy atom. The third-order valence-electron chi connectivity index (χ3n) is 5.01. The van der Waals surface area contributed by atoms with E-state index in [1.807, 2.05) is 0 Å². The molecule has 1 aliphatic heterocycles. The second-order valence-electron chi connectivity index (χ2n) is 7.22. The Morgan fingerprint density at radius 1 is 1.17 bits per heavy atom. The molecule has 18 heavy (non-hydrogen) atoms. The summed E-state index contributed by atoms with van der Waals surface area (Å²) >= 11 is 0. The molecule has 0 amide bonds. The predicted molar refractivity (Wildman–Crippen MR) is 78.9 cm³/mol. The zero-order chi connectivity index (χ0) is 13.2. The Balaban J connectivity index is 1.99. The Hall–Kier alpha value is -0.0800. The Bertz CT molecular complexity index is 256. The summed E-state index contributed by atoms with van der Waals surface area (Å²) in [6.45, 7) is 12.0. The fourth-order valence-corrected chi connectivity index (χ4v) is 4.01.